The average molecular weight is 558 g/mol. The molecule has 0 saturated carbocycles. The van der Waals surface area contributed by atoms with E-state index < -0.39 is 43.3 Å². The topological polar surface area (TPSA) is 106 Å². The van der Waals surface area contributed by atoms with Gasteiger partial charge in [-0.25, -0.2) is 16.8 Å². The maximum atomic E-state index is 13.7. The van der Waals surface area contributed by atoms with E-state index in [4.69, 9.17) is 0 Å². The van der Waals surface area contributed by atoms with Gasteiger partial charge in [-0.15, -0.1) is 0 Å². The van der Waals surface area contributed by atoms with Crippen LogP contribution in [0.25, 0.3) is 0 Å². The summed E-state index contributed by atoms with van der Waals surface area (Å²) in [6, 6.07) is 26.9. The van der Waals surface area contributed by atoms with Gasteiger partial charge >= 0.3 is 0 Å². The molecule has 7 nitrogen and oxygen atoms in total. The Morgan fingerprint density at radius 3 is 1.26 bits per heavy atom. The zero-order chi connectivity index (χ0) is 27.4. The highest BCUT2D eigenvalue weighted by Crippen LogP contribution is 2.44. The minimum atomic E-state index is -4.04. The summed E-state index contributed by atoms with van der Waals surface area (Å²) in [6.45, 7) is 0. The van der Waals surface area contributed by atoms with Crippen LogP contribution in [0.15, 0.2) is 123 Å². The largest absolute Gasteiger partial charge is 0.274 e. The molecule has 196 valence electrons. The second-order valence-electron chi connectivity index (χ2n) is 9.62. The molecule has 0 bridgehead atoms. The molecule has 1 aliphatic heterocycles. The smallest absolute Gasteiger partial charge is 0.238 e. The molecule has 6 rings (SSSR count). The summed E-state index contributed by atoms with van der Waals surface area (Å²) >= 11 is 0. The van der Waals surface area contributed by atoms with Crippen LogP contribution in [0, 0.1) is 11.8 Å². The van der Waals surface area contributed by atoms with Crippen LogP contribution in [0.3, 0.4) is 0 Å². The van der Waals surface area contributed by atoms with Crippen molar-refractivity contribution in [2.24, 2.45) is 11.8 Å². The molecule has 2 amide bonds. The minimum Gasteiger partial charge on any atom is -0.274 e. The molecule has 1 aliphatic carbocycles. The lowest BCUT2D eigenvalue weighted by molar-refractivity contribution is -0.122. The Labute approximate surface area is 226 Å². The van der Waals surface area contributed by atoms with E-state index in [1.54, 1.807) is 66.7 Å². The molecule has 0 radical (unpaired) electrons. The first kappa shape index (κ1) is 25.2. The first-order valence-corrected chi connectivity index (χ1v) is 15.4. The Morgan fingerprint density at radius 2 is 0.872 bits per heavy atom. The van der Waals surface area contributed by atoms with Crippen LogP contribution < -0.4 is 4.90 Å². The number of imide groups is 1. The summed E-state index contributed by atoms with van der Waals surface area (Å²) in [5.74, 6) is -2.43. The number of para-hydroxylation sites is 1. The molecule has 1 fully saturated rings. The van der Waals surface area contributed by atoms with E-state index in [1.165, 1.54) is 36.4 Å². The second-order valence-corrected chi connectivity index (χ2v) is 13.5. The number of amides is 2. The lowest BCUT2D eigenvalue weighted by Gasteiger charge is -2.28. The lowest BCUT2D eigenvalue weighted by Crippen LogP contribution is -2.31. The third-order valence-electron chi connectivity index (χ3n) is 7.45. The van der Waals surface area contributed by atoms with Gasteiger partial charge in [-0.2, -0.15) is 0 Å². The lowest BCUT2D eigenvalue weighted by atomic mass is 9.77. The van der Waals surface area contributed by atoms with Crippen molar-refractivity contribution in [1.29, 1.82) is 0 Å². The van der Waals surface area contributed by atoms with Crippen molar-refractivity contribution in [3.8, 4) is 0 Å². The summed E-state index contributed by atoms with van der Waals surface area (Å²) in [6.07, 6.45) is -0.124. The first-order valence-electron chi connectivity index (χ1n) is 12.4. The van der Waals surface area contributed by atoms with E-state index in [9.17, 15) is 26.4 Å². The van der Waals surface area contributed by atoms with Crippen molar-refractivity contribution < 1.29 is 26.4 Å². The summed E-state index contributed by atoms with van der Waals surface area (Å²) in [4.78, 5) is 28.2. The quantitative estimate of drug-likeness (QED) is 0.340. The van der Waals surface area contributed by atoms with Crippen molar-refractivity contribution in [2.45, 2.75) is 32.4 Å². The van der Waals surface area contributed by atoms with Gasteiger partial charge in [-0.1, -0.05) is 54.6 Å². The highest BCUT2D eigenvalue weighted by Gasteiger charge is 2.51. The van der Waals surface area contributed by atoms with Gasteiger partial charge in [0.05, 0.1) is 37.1 Å². The van der Waals surface area contributed by atoms with E-state index in [0.717, 1.165) is 4.90 Å². The van der Waals surface area contributed by atoms with Crippen molar-refractivity contribution >= 4 is 37.2 Å². The fraction of sp³-hybridized carbons (Fsp3) is 0.133. The van der Waals surface area contributed by atoms with Crippen molar-refractivity contribution in [2.75, 3.05) is 4.90 Å². The van der Waals surface area contributed by atoms with Crippen LogP contribution in [0.5, 0.6) is 0 Å². The van der Waals surface area contributed by atoms with Crippen LogP contribution in [0.1, 0.15) is 11.1 Å². The fourth-order valence-corrected chi connectivity index (χ4v) is 8.66. The number of anilines is 1. The van der Waals surface area contributed by atoms with Crippen molar-refractivity contribution in [1.82, 2.24) is 0 Å². The molecule has 2 aliphatic rings. The number of hydrogen-bond donors (Lipinski definition) is 0. The molecule has 1 saturated heterocycles. The average Bonchev–Trinajstić information content (AvgIpc) is 3.21. The van der Waals surface area contributed by atoms with Crippen LogP contribution in [-0.4, -0.2) is 28.6 Å². The predicted molar refractivity (Wildman–Crippen MR) is 144 cm³/mol. The molecule has 0 N–H and O–H groups in total. The Kier molecular flexibility index (Phi) is 6.00. The zero-order valence-corrected chi connectivity index (χ0v) is 22.2. The molecule has 2 atom stereocenters. The normalized spacial score (nSPS) is 19.0. The Hall–Kier alpha value is -4.08. The summed E-state index contributed by atoms with van der Waals surface area (Å²) in [5, 5.41) is 0. The Bertz CT molecular complexity index is 1700. The van der Waals surface area contributed by atoms with Crippen LogP contribution in [0.2, 0.25) is 0 Å². The molecule has 4 aromatic carbocycles. The number of benzene rings is 4. The fourth-order valence-electron chi connectivity index (χ4n) is 5.57. The van der Waals surface area contributed by atoms with Gasteiger partial charge in [0.1, 0.15) is 0 Å². The van der Waals surface area contributed by atoms with Crippen LogP contribution in [0.4, 0.5) is 5.69 Å². The number of sulfone groups is 2. The SMILES string of the molecule is O=C1C2Cc3c(S(=O)(=O)c4ccccc4)ccc(S(=O)(=O)c4ccccc4)c3CC2C(=O)N1c1ccccc1. The maximum absolute atomic E-state index is 13.7. The van der Waals surface area contributed by atoms with E-state index in [2.05, 4.69) is 0 Å². The van der Waals surface area contributed by atoms with Crippen LogP contribution in [-0.2, 0) is 42.1 Å². The molecule has 9 heteroatoms. The molecule has 2 unspecified atom stereocenters. The third-order valence-corrected chi connectivity index (χ3v) is 11.2. The highest BCUT2D eigenvalue weighted by atomic mass is 32.2. The zero-order valence-electron chi connectivity index (χ0n) is 20.6. The number of carbonyl (C=O) groups excluding carboxylic acids is 2. The second kappa shape index (κ2) is 9.29. The number of nitrogens with zero attached hydrogens (tertiary/aromatic N) is 1. The molecular weight excluding hydrogens is 534 g/mol. The number of fused-ring (bicyclic) bond motifs is 2. The number of hydrogen-bond acceptors (Lipinski definition) is 6. The monoisotopic (exact) mass is 557 g/mol. The van der Waals surface area contributed by atoms with Gasteiger partial charge in [0.15, 0.2) is 0 Å². The third kappa shape index (κ3) is 4.00. The van der Waals surface area contributed by atoms with Gasteiger partial charge in [0, 0.05) is 0 Å². The summed E-state index contributed by atoms with van der Waals surface area (Å²) in [7, 11) is -8.07. The van der Waals surface area contributed by atoms with Gasteiger partial charge in [0.25, 0.3) is 0 Å². The molecule has 1 heterocycles. The molecule has 0 aromatic heterocycles. The predicted octanol–water partition coefficient (Wildman–Crippen LogP) is 4.26. The Balaban J connectivity index is 1.55. The first-order chi connectivity index (χ1) is 18.7. The van der Waals surface area contributed by atoms with Gasteiger partial charge in [-0.05, 0) is 72.5 Å². The van der Waals surface area contributed by atoms with E-state index in [0.29, 0.717) is 5.69 Å². The van der Waals surface area contributed by atoms with Gasteiger partial charge in [0.2, 0.25) is 31.5 Å². The Morgan fingerprint density at radius 1 is 0.513 bits per heavy atom. The van der Waals surface area contributed by atoms with E-state index in [-0.39, 0.29) is 43.6 Å². The standard InChI is InChI=1S/C30H23NO6S2/c32-29-25-18-23-24(19-26(25)30(33)31(29)20-10-4-1-5-11-20)28(39(36,37)22-14-8-3-9-15-22)17-16-27(23)38(34,35)21-12-6-2-7-13-21/h1-17,25-26H,18-19H2. The number of rotatable bonds is 5. The summed E-state index contributed by atoms with van der Waals surface area (Å²) in [5.41, 5.74) is 0.974. The number of carbonyl (C=O) groups is 2. The van der Waals surface area contributed by atoms with Crippen molar-refractivity contribution in [3.05, 3.63) is 114 Å². The molecule has 0 spiro atoms. The van der Waals surface area contributed by atoms with Crippen molar-refractivity contribution in [3.63, 3.8) is 0 Å². The minimum absolute atomic E-state index is 0.0485. The van der Waals surface area contributed by atoms with Crippen LogP contribution >= 0.6 is 0 Å². The summed E-state index contributed by atoms with van der Waals surface area (Å²) < 4.78 is 55.0. The highest BCUT2D eigenvalue weighted by molar-refractivity contribution is 7.92. The van der Waals surface area contributed by atoms with Gasteiger partial charge in [-0.3, -0.25) is 14.5 Å². The van der Waals surface area contributed by atoms with E-state index >= 15 is 0 Å². The van der Waals surface area contributed by atoms with E-state index in [1.807, 2.05) is 0 Å². The van der Waals surface area contributed by atoms with Gasteiger partial charge < -0.3 is 0 Å². The molecular formula is C30H23NO6S2. The maximum Gasteiger partial charge on any atom is 0.238 e. The molecule has 4 aromatic rings. The molecule has 39 heavy (non-hydrogen) atoms.